The molecule has 1 aliphatic rings. The highest BCUT2D eigenvalue weighted by Gasteiger charge is 2.17. The zero-order valence-corrected chi connectivity index (χ0v) is 15.2. The van der Waals surface area contributed by atoms with Crippen LogP contribution in [0.15, 0.2) is 20.9 Å². The SMILES string of the molecule is CCNC(=NCC(=O)N1CCCC1)NCCCSc1nccs1. The minimum absolute atomic E-state index is 0.124. The van der Waals surface area contributed by atoms with Crippen molar-refractivity contribution in [2.45, 2.75) is 30.5 Å². The molecule has 1 saturated heterocycles. The largest absolute Gasteiger partial charge is 0.357 e. The van der Waals surface area contributed by atoms with Gasteiger partial charge in [0, 0.05) is 43.5 Å². The summed E-state index contributed by atoms with van der Waals surface area (Å²) in [5.41, 5.74) is 0. The number of thiazole rings is 1. The molecule has 8 heteroatoms. The Morgan fingerprint density at radius 2 is 2.26 bits per heavy atom. The van der Waals surface area contributed by atoms with E-state index >= 15 is 0 Å². The number of nitrogens with one attached hydrogen (secondary N) is 2. The van der Waals surface area contributed by atoms with E-state index in [9.17, 15) is 4.79 Å². The first-order valence-corrected chi connectivity index (χ1v) is 9.98. The summed E-state index contributed by atoms with van der Waals surface area (Å²) in [6.07, 6.45) is 5.09. The summed E-state index contributed by atoms with van der Waals surface area (Å²) in [6, 6.07) is 0. The summed E-state index contributed by atoms with van der Waals surface area (Å²) in [4.78, 5) is 22.6. The summed E-state index contributed by atoms with van der Waals surface area (Å²) in [5.74, 6) is 1.87. The molecule has 2 rings (SSSR count). The fourth-order valence-electron chi connectivity index (χ4n) is 2.28. The number of carbonyl (C=O) groups is 1. The van der Waals surface area contributed by atoms with Crippen LogP contribution in [0.25, 0.3) is 0 Å². The number of nitrogens with zero attached hydrogens (tertiary/aromatic N) is 3. The standard InChI is InChI=1S/C15H25N5OS2/c1-2-16-14(19-12-13(21)20-8-3-4-9-20)17-6-5-10-22-15-18-7-11-23-15/h7,11H,2-6,8-10,12H2,1H3,(H2,16,17,19). The van der Waals surface area contributed by atoms with Crippen LogP contribution in [0.1, 0.15) is 26.2 Å². The number of aliphatic imine (C=N–C) groups is 1. The Labute approximate surface area is 146 Å². The van der Waals surface area contributed by atoms with E-state index in [2.05, 4.69) is 20.6 Å². The Balaban J connectivity index is 1.65. The fraction of sp³-hybridized carbons (Fsp3) is 0.667. The average Bonchev–Trinajstić information content (AvgIpc) is 3.25. The van der Waals surface area contributed by atoms with Crippen molar-refractivity contribution in [1.29, 1.82) is 0 Å². The third-order valence-electron chi connectivity index (χ3n) is 3.42. The van der Waals surface area contributed by atoms with Gasteiger partial charge in [-0.3, -0.25) is 4.79 Å². The number of guanidine groups is 1. The highest BCUT2D eigenvalue weighted by Crippen LogP contribution is 2.20. The maximum atomic E-state index is 12.0. The van der Waals surface area contributed by atoms with Gasteiger partial charge in [-0.1, -0.05) is 11.8 Å². The molecule has 2 heterocycles. The molecule has 1 amide bonds. The van der Waals surface area contributed by atoms with Gasteiger partial charge in [-0.05, 0) is 26.2 Å². The van der Waals surface area contributed by atoms with Crippen LogP contribution < -0.4 is 10.6 Å². The minimum atomic E-state index is 0.124. The molecule has 0 atom stereocenters. The van der Waals surface area contributed by atoms with Crippen molar-refractivity contribution in [3.05, 3.63) is 11.6 Å². The van der Waals surface area contributed by atoms with Gasteiger partial charge < -0.3 is 15.5 Å². The van der Waals surface area contributed by atoms with E-state index < -0.39 is 0 Å². The lowest BCUT2D eigenvalue weighted by Gasteiger charge is -2.15. The molecule has 6 nitrogen and oxygen atoms in total. The monoisotopic (exact) mass is 355 g/mol. The summed E-state index contributed by atoms with van der Waals surface area (Å²) >= 11 is 3.45. The van der Waals surface area contributed by atoms with Crippen molar-refractivity contribution in [3.8, 4) is 0 Å². The van der Waals surface area contributed by atoms with Gasteiger partial charge in [0.05, 0.1) is 0 Å². The summed E-state index contributed by atoms with van der Waals surface area (Å²) in [6.45, 7) is 5.64. The molecule has 0 bridgehead atoms. The predicted molar refractivity (Wildman–Crippen MR) is 97.3 cm³/mol. The van der Waals surface area contributed by atoms with Crippen LogP contribution in [-0.4, -0.2) is 60.2 Å². The predicted octanol–water partition coefficient (Wildman–Crippen LogP) is 1.80. The van der Waals surface area contributed by atoms with E-state index in [0.717, 1.165) is 61.5 Å². The molecule has 0 spiro atoms. The van der Waals surface area contributed by atoms with Crippen molar-refractivity contribution in [2.24, 2.45) is 4.99 Å². The van der Waals surface area contributed by atoms with Crippen molar-refractivity contribution in [3.63, 3.8) is 0 Å². The number of thioether (sulfide) groups is 1. The van der Waals surface area contributed by atoms with Crippen molar-refractivity contribution >= 4 is 35.0 Å². The lowest BCUT2D eigenvalue weighted by atomic mass is 10.4. The van der Waals surface area contributed by atoms with E-state index in [1.807, 2.05) is 23.4 Å². The number of amides is 1. The molecule has 1 aliphatic heterocycles. The zero-order valence-electron chi connectivity index (χ0n) is 13.6. The van der Waals surface area contributed by atoms with Gasteiger partial charge >= 0.3 is 0 Å². The second kappa shape index (κ2) is 10.5. The van der Waals surface area contributed by atoms with E-state index in [0.29, 0.717) is 0 Å². The summed E-state index contributed by atoms with van der Waals surface area (Å²) < 4.78 is 1.11. The quantitative estimate of drug-likeness (QED) is 0.322. The number of hydrogen-bond donors (Lipinski definition) is 2. The van der Waals surface area contributed by atoms with Gasteiger partial charge in [0.1, 0.15) is 10.9 Å². The van der Waals surface area contributed by atoms with Gasteiger partial charge in [0.2, 0.25) is 5.91 Å². The normalized spacial score (nSPS) is 15.0. The lowest BCUT2D eigenvalue weighted by Crippen LogP contribution is -2.39. The van der Waals surface area contributed by atoms with Crippen molar-refractivity contribution in [2.75, 3.05) is 38.5 Å². The third kappa shape index (κ3) is 6.78. The molecule has 0 unspecified atom stereocenters. The zero-order chi connectivity index (χ0) is 16.3. The number of hydrogen-bond acceptors (Lipinski definition) is 5. The molecular formula is C15H25N5OS2. The fourth-order valence-corrected chi connectivity index (χ4v) is 3.92. The second-order valence-electron chi connectivity index (χ2n) is 5.21. The topological polar surface area (TPSA) is 69.6 Å². The van der Waals surface area contributed by atoms with E-state index in [1.54, 1.807) is 23.1 Å². The summed E-state index contributed by atoms with van der Waals surface area (Å²) in [7, 11) is 0. The van der Waals surface area contributed by atoms with E-state index in [1.165, 1.54) is 0 Å². The molecule has 1 aromatic heterocycles. The maximum absolute atomic E-state index is 12.0. The van der Waals surface area contributed by atoms with Crippen LogP contribution in [0.4, 0.5) is 0 Å². The Kier molecular flexibility index (Phi) is 8.24. The molecule has 1 fully saturated rings. The van der Waals surface area contributed by atoms with Crippen LogP contribution >= 0.6 is 23.1 Å². The van der Waals surface area contributed by atoms with Crippen LogP contribution in [0.2, 0.25) is 0 Å². The highest BCUT2D eigenvalue weighted by atomic mass is 32.2. The summed E-state index contributed by atoms with van der Waals surface area (Å²) in [5, 5.41) is 8.46. The molecular weight excluding hydrogens is 330 g/mol. The Morgan fingerprint density at radius 1 is 1.43 bits per heavy atom. The average molecular weight is 356 g/mol. The van der Waals surface area contributed by atoms with Crippen LogP contribution in [-0.2, 0) is 4.79 Å². The maximum Gasteiger partial charge on any atom is 0.244 e. The molecule has 0 aromatic carbocycles. The number of carbonyl (C=O) groups excluding carboxylic acids is 1. The first-order valence-electron chi connectivity index (χ1n) is 8.12. The van der Waals surface area contributed by atoms with Gasteiger partial charge in [-0.25, -0.2) is 9.98 Å². The van der Waals surface area contributed by atoms with E-state index in [4.69, 9.17) is 0 Å². The van der Waals surface area contributed by atoms with Crippen LogP contribution in [0, 0.1) is 0 Å². The molecule has 2 N–H and O–H groups in total. The Hall–Kier alpha value is -1.28. The van der Waals surface area contributed by atoms with Gasteiger partial charge in [-0.2, -0.15) is 0 Å². The van der Waals surface area contributed by atoms with Gasteiger partial charge in [0.25, 0.3) is 0 Å². The molecule has 128 valence electrons. The number of likely N-dealkylation sites (tertiary alicyclic amines) is 1. The molecule has 0 aliphatic carbocycles. The Bertz CT molecular complexity index is 486. The van der Waals surface area contributed by atoms with E-state index in [-0.39, 0.29) is 12.5 Å². The first-order chi connectivity index (χ1) is 11.3. The smallest absolute Gasteiger partial charge is 0.244 e. The molecule has 1 aromatic rings. The number of rotatable bonds is 8. The number of aromatic nitrogens is 1. The van der Waals surface area contributed by atoms with Crippen molar-refractivity contribution in [1.82, 2.24) is 20.5 Å². The molecule has 0 saturated carbocycles. The minimum Gasteiger partial charge on any atom is -0.357 e. The second-order valence-corrected chi connectivity index (χ2v) is 7.45. The lowest BCUT2D eigenvalue weighted by molar-refractivity contribution is -0.128. The Morgan fingerprint density at radius 3 is 2.96 bits per heavy atom. The highest BCUT2D eigenvalue weighted by molar-refractivity contribution is 8.00. The van der Waals surface area contributed by atoms with Crippen LogP contribution in [0.3, 0.4) is 0 Å². The van der Waals surface area contributed by atoms with Gasteiger partial charge in [-0.15, -0.1) is 11.3 Å². The molecule has 0 radical (unpaired) electrons. The molecule has 23 heavy (non-hydrogen) atoms. The van der Waals surface area contributed by atoms with Crippen LogP contribution in [0.5, 0.6) is 0 Å². The van der Waals surface area contributed by atoms with Crippen molar-refractivity contribution < 1.29 is 4.79 Å². The van der Waals surface area contributed by atoms with Gasteiger partial charge in [0.15, 0.2) is 5.96 Å². The third-order valence-corrected chi connectivity index (χ3v) is 5.48. The first kappa shape index (κ1) is 18.1.